The van der Waals surface area contributed by atoms with E-state index in [-0.39, 0.29) is 23.9 Å². The van der Waals surface area contributed by atoms with E-state index in [1.54, 1.807) is 6.92 Å². The van der Waals surface area contributed by atoms with Crippen molar-refractivity contribution in [3.8, 4) is 0 Å². The maximum absolute atomic E-state index is 11.5. The summed E-state index contributed by atoms with van der Waals surface area (Å²) in [7, 11) is -3.07. The molecular weight excluding hydrogens is 256 g/mol. The quantitative estimate of drug-likeness (QED) is 0.655. The summed E-state index contributed by atoms with van der Waals surface area (Å²) in [5.74, 6) is -1.03. The number of nitrogens with one attached hydrogen (secondary N) is 1. The molecule has 1 saturated heterocycles. The van der Waals surface area contributed by atoms with Gasteiger partial charge in [-0.2, -0.15) is 0 Å². The van der Waals surface area contributed by atoms with Gasteiger partial charge in [0.2, 0.25) is 5.91 Å². The van der Waals surface area contributed by atoms with Gasteiger partial charge in [-0.1, -0.05) is 0 Å². The molecule has 0 aliphatic carbocycles. The van der Waals surface area contributed by atoms with Crippen LogP contribution in [0.1, 0.15) is 6.92 Å². The lowest BCUT2D eigenvalue weighted by Gasteiger charge is -2.32. The minimum Gasteiger partial charge on any atom is -0.320 e. The fourth-order valence-electron chi connectivity index (χ4n) is 1.52. The van der Waals surface area contributed by atoms with E-state index < -0.39 is 27.8 Å². The molecule has 92 valence electrons. The Hall–Kier alpha value is -0.820. The fourth-order valence-corrected chi connectivity index (χ4v) is 3.15. The van der Waals surface area contributed by atoms with Gasteiger partial charge in [0.15, 0.2) is 9.84 Å². The van der Waals surface area contributed by atoms with E-state index in [0.29, 0.717) is 0 Å². The summed E-state index contributed by atoms with van der Waals surface area (Å²) in [4.78, 5) is 23.7. The summed E-state index contributed by atoms with van der Waals surface area (Å²) in [5.41, 5.74) is 0. The van der Waals surface area contributed by atoms with Crippen LogP contribution >= 0.6 is 11.6 Å². The van der Waals surface area contributed by atoms with Crippen LogP contribution in [-0.4, -0.2) is 55.2 Å². The standard InChI is InChI=1S/C8H13ClN2O4S/c1-6-5-16(14,15)3-2-11(6)8(13)10-7(12)4-9/h6H,2-5H2,1H3,(H,10,12,13). The van der Waals surface area contributed by atoms with Crippen molar-refractivity contribution < 1.29 is 18.0 Å². The number of rotatable bonds is 1. The summed E-state index contributed by atoms with van der Waals surface area (Å²) < 4.78 is 22.5. The normalized spacial score (nSPS) is 23.9. The number of hydrogen-bond donors (Lipinski definition) is 1. The largest absolute Gasteiger partial charge is 0.324 e. The molecule has 0 spiro atoms. The molecule has 16 heavy (non-hydrogen) atoms. The third-order valence-corrected chi connectivity index (χ3v) is 4.34. The van der Waals surface area contributed by atoms with Crippen LogP contribution in [0, 0.1) is 0 Å². The van der Waals surface area contributed by atoms with Crippen LogP contribution in [0.5, 0.6) is 0 Å². The number of halogens is 1. The Morgan fingerprint density at radius 1 is 1.50 bits per heavy atom. The van der Waals surface area contributed by atoms with Gasteiger partial charge in [0.1, 0.15) is 5.88 Å². The zero-order valence-corrected chi connectivity index (χ0v) is 10.3. The fraction of sp³-hybridized carbons (Fsp3) is 0.750. The average molecular weight is 269 g/mol. The van der Waals surface area contributed by atoms with Crippen molar-refractivity contribution in [3.05, 3.63) is 0 Å². The maximum Gasteiger partial charge on any atom is 0.324 e. The summed E-state index contributed by atoms with van der Waals surface area (Å²) >= 11 is 5.24. The van der Waals surface area contributed by atoms with Crippen LogP contribution < -0.4 is 5.32 Å². The molecule has 1 aliphatic rings. The Morgan fingerprint density at radius 2 is 2.12 bits per heavy atom. The molecule has 1 N–H and O–H groups in total. The lowest BCUT2D eigenvalue weighted by Crippen LogP contribution is -2.54. The highest BCUT2D eigenvalue weighted by atomic mass is 35.5. The zero-order valence-electron chi connectivity index (χ0n) is 8.77. The van der Waals surface area contributed by atoms with E-state index in [1.165, 1.54) is 4.90 Å². The van der Waals surface area contributed by atoms with E-state index in [0.717, 1.165) is 0 Å². The maximum atomic E-state index is 11.5. The topological polar surface area (TPSA) is 83.6 Å². The number of hydrogen-bond acceptors (Lipinski definition) is 4. The van der Waals surface area contributed by atoms with Gasteiger partial charge in [0, 0.05) is 12.6 Å². The van der Waals surface area contributed by atoms with Gasteiger partial charge >= 0.3 is 6.03 Å². The Labute approximate surface area is 98.8 Å². The van der Waals surface area contributed by atoms with Gasteiger partial charge in [-0.05, 0) is 6.92 Å². The number of nitrogens with zero attached hydrogens (tertiary/aromatic N) is 1. The van der Waals surface area contributed by atoms with Crippen LogP contribution in [-0.2, 0) is 14.6 Å². The Morgan fingerprint density at radius 3 is 2.62 bits per heavy atom. The number of carbonyl (C=O) groups excluding carboxylic acids is 2. The lowest BCUT2D eigenvalue weighted by atomic mass is 10.3. The molecule has 0 aromatic rings. The summed E-state index contributed by atoms with van der Waals surface area (Å²) in [6, 6.07) is -1.02. The molecule has 1 aliphatic heterocycles. The van der Waals surface area contributed by atoms with Crippen LogP contribution in [0.25, 0.3) is 0 Å². The van der Waals surface area contributed by atoms with Crippen molar-refractivity contribution in [1.29, 1.82) is 0 Å². The van der Waals surface area contributed by atoms with Crippen molar-refractivity contribution in [2.75, 3.05) is 23.9 Å². The number of carbonyl (C=O) groups is 2. The minimum absolute atomic E-state index is 0.0696. The molecule has 6 nitrogen and oxygen atoms in total. The van der Waals surface area contributed by atoms with Crippen LogP contribution in [0.2, 0.25) is 0 Å². The van der Waals surface area contributed by atoms with E-state index in [4.69, 9.17) is 11.6 Å². The Bertz CT molecular complexity index is 395. The zero-order chi connectivity index (χ0) is 12.3. The van der Waals surface area contributed by atoms with Crippen molar-refractivity contribution in [3.63, 3.8) is 0 Å². The first-order valence-corrected chi connectivity index (χ1v) is 7.08. The highest BCUT2D eigenvalue weighted by molar-refractivity contribution is 7.91. The van der Waals surface area contributed by atoms with Gasteiger partial charge in [0.25, 0.3) is 0 Å². The molecule has 1 rings (SSSR count). The first kappa shape index (κ1) is 13.2. The predicted octanol–water partition coefficient (Wildman–Crippen LogP) is -0.420. The second kappa shape index (κ2) is 5.01. The van der Waals surface area contributed by atoms with Crippen molar-refractivity contribution in [2.24, 2.45) is 0 Å². The molecule has 1 heterocycles. The average Bonchev–Trinajstić information content (AvgIpc) is 2.15. The molecule has 1 unspecified atom stereocenters. The molecule has 1 fully saturated rings. The van der Waals surface area contributed by atoms with Crippen molar-refractivity contribution in [2.45, 2.75) is 13.0 Å². The van der Waals surface area contributed by atoms with Crippen LogP contribution in [0.3, 0.4) is 0 Å². The van der Waals surface area contributed by atoms with Crippen molar-refractivity contribution in [1.82, 2.24) is 10.2 Å². The Kier molecular flexibility index (Phi) is 4.15. The van der Waals surface area contributed by atoms with Crippen molar-refractivity contribution >= 4 is 33.4 Å². The molecule has 0 bridgehead atoms. The number of sulfone groups is 1. The third-order valence-electron chi connectivity index (χ3n) is 2.30. The molecule has 3 amide bonds. The van der Waals surface area contributed by atoms with E-state index in [2.05, 4.69) is 5.32 Å². The molecule has 1 atom stereocenters. The molecule has 0 aromatic heterocycles. The van der Waals surface area contributed by atoms with Gasteiger partial charge in [-0.15, -0.1) is 11.6 Å². The Balaban J connectivity index is 2.62. The van der Waals surface area contributed by atoms with Gasteiger partial charge in [0.05, 0.1) is 11.5 Å². The second-order valence-electron chi connectivity index (χ2n) is 3.64. The lowest BCUT2D eigenvalue weighted by molar-refractivity contribution is -0.117. The molecule has 8 heteroatoms. The summed E-state index contributed by atoms with van der Waals surface area (Å²) in [6.45, 7) is 1.73. The molecule has 0 saturated carbocycles. The monoisotopic (exact) mass is 268 g/mol. The number of urea groups is 1. The highest BCUT2D eigenvalue weighted by Crippen LogP contribution is 2.11. The smallest absolute Gasteiger partial charge is 0.320 e. The molecule has 0 aromatic carbocycles. The SMILES string of the molecule is CC1CS(=O)(=O)CCN1C(=O)NC(=O)CCl. The molecular formula is C8H13ClN2O4S. The first-order valence-electron chi connectivity index (χ1n) is 4.72. The number of alkyl halides is 1. The van der Waals surface area contributed by atoms with E-state index in [1.807, 2.05) is 0 Å². The summed E-state index contributed by atoms with van der Waals surface area (Å²) in [5, 5.41) is 2.08. The highest BCUT2D eigenvalue weighted by Gasteiger charge is 2.31. The number of amides is 3. The second-order valence-corrected chi connectivity index (χ2v) is 6.14. The third kappa shape index (κ3) is 3.34. The van der Waals surface area contributed by atoms with Gasteiger partial charge in [-0.25, -0.2) is 13.2 Å². The minimum atomic E-state index is -3.07. The van der Waals surface area contributed by atoms with Gasteiger partial charge < -0.3 is 4.90 Å². The summed E-state index contributed by atoms with van der Waals surface area (Å²) in [6.07, 6.45) is 0. The molecule has 0 radical (unpaired) electrons. The van der Waals surface area contributed by atoms with E-state index >= 15 is 0 Å². The van der Waals surface area contributed by atoms with Crippen LogP contribution in [0.15, 0.2) is 0 Å². The van der Waals surface area contributed by atoms with Crippen LogP contribution in [0.4, 0.5) is 4.79 Å². The van der Waals surface area contributed by atoms with E-state index in [9.17, 15) is 18.0 Å². The number of imide groups is 1. The van der Waals surface area contributed by atoms with Gasteiger partial charge in [-0.3, -0.25) is 10.1 Å². The first-order chi connectivity index (χ1) is 7.35. The predicted molar refractivity (Wildman–Crippen MR) is 59.1 cm³/mol.